The smallest absolute Gasteiger partial charge is 0.229 e. The van der Waals surface area contributed by atoms with Crippen molar-refractivity contribution in [2.75, 3.05) is 19.6 Å². The molecule has 1 aliphatic rings. The molecule has 4 heteroatoms. The lowest BCUT2D eigenvalue weighted by molar-refractivity contribution is -0.561. The van der Waals surface area contributed by atoms with Gasteiger partial charge < -0.3 is 0 Å². The van der Waals surface area contributed by atoms with E-state index in [1.165, 1.54) is 12.8 Å². The molecule has 0 spiro atoms. The number of hydrogen-bond acceptors (Lipinski definition) is 3. The molecule has 0 bridgehead atoms. The normalized spacial score (nSPS) is 21.1. The van der Waals surface area contributed by atoms with Crippen molar-refractivity contribution in [1.82, 2.24) is 4.90 Å². The molecule has 1 heterocycles. The molecule has 0 radical (unpaired) electrons. The fraction of sp³-hybridized carbons (Fsp3) is 1.00. The second kappa shape index (κ2) is 4.26. The van der Waals surface area contributed by atoms with Crippen LogP contribution in [0.2, 0.25) is 0 Å². The first kappa shape index (κ1) is 11.4. The maximum atomic E-state index is 10.7. The van der Waals surface area contributed by atoms with Crippen molar-refractivity contribution in [3.05, 3.63) is 10.1 Å². The van der Waals surface area contributed by atoms with Crippen molar-refractivity contribution in [2.45, 2.75) is 39.2 Å². The van der Waals surface area contributed by atoms with Gasteiger partial charge in [-0.3, -0.25) is 15.0 Å². The molecule has 0 atom stereocenters. The molecule has 1 rings (SSSR count). The Morgan fingerprint density at radius 1 is 1.43 bits per heavy atom. The van der Waals surface area contributed by atoms with Crippen LogP contribution in [0.3, 0.4) is 0 Å². The average molecular weight is 200 g/mol. The largest absolute Gasteiger partial charge is 0.297 e. The second-order valence-electron chi connectivity index (χ2n) is 5.03. The molecule has 82 valence electrons. The summed E-state index contributed by atoms with van der Waals surface area (Å²) in [6, 6.07) is 0. The van der Waals surface area contributed by atoms with E-state index in [1.807, 2.05) is 0 Å². The predicted molar refractivity (Wildman–Crippen MR) is 55.9 cm³/mol. The Balaban J connectivity index is 2.41. The minimum Gasteiger partial charge on any atom is -0.297 e. The summed E-state index contributed by atoms with van der Waals surface area (Å²) in [6.45, 7) is 8.25. The minimum absolute atomic E-state index is 0.176. The van der Waals surface area contributed by atoms with Gasteiger partial charge in [-0.05, 0) is 31.8 Å². The predicted octanol–water partition coefficient (Wildman–Crippen LogP) is 1.77. The van der Waals surface area contributed by atoms with Crippen LogP contribution in [0.15, 0.2) is 0 Å². The molecule has 1 fully saturated rings. The van der Waals surface area contributed by atoms with E-state index in [0.717, 1.165) is 19.0 Å². The molecular weight excluding hydrogens is 180 g/mol. The van der Waals surface area contributed by atoms with Crippen molar-refractivity contribution >= 4 is 0 Å². The van der Waals surface area contributed by atoms with Gasteiger partial charge in [-0.2, -0.15) is 0 Å². The van der Waals surface area contributed by atoms with Crippen molar-refractivity contribution < 1.29 is 4.92 Å². The molecule has 0 saturated carbocycles. The van der Waals surface area contributed by atoms with E-state index in [0.29, 0.717) is 6.54 Å². The summed E-state index contributed by atoms with van der Waals surface area (Å²) in [5.41, 5.74) is -0.805. The molecule has 0 aromatic rings. The van der Waals surface area contributed by atoms with E-state index in [4.69, 9.17) is 0 Å². The molecule has 0 amide bonds. The molecule has 0 N–H and O–H groups in total. The Hall–Kier alpha value is -0.640. The Morgan fingerprint density at radius 3 is 2.36 bits per heavy atom. The molecule has 0 aromatic heterocycles. The Bertz CT molecular complexity index is 208. The third kappa shape index (κ3) is 2.94. The van der Waals surface area contributed by atoms with Gasteiger partial charge in [-0.25, -0.2) is 0 Å². The highest BCUT2D eigenvalue weighted by Crippen LogP contribution is 2.19. The van der Waals surface area contributed by atoms with E-state index in [9.17, 15) is 10.1 Å². The Labute approximate surface area is 85.4 Å². The highest BCUT2D eigenvalue weighted by atomic mass is 16.6. The van der Waals surface area contributed by atoms with Gasteiger partial charge in [-0.15, -0.1) is 0 Å². The summed E-state index contributed by atoms with van der Waals surface area (Å²) in [5.74, 6) is 0.782. The summed E-state index contributed by atoms with van der Waals surface area (Å²) in [7, 11) is 0. The van der Waals surface area contributed by atoms with Crippen LogP contribution in [0.4, 0.5) is 0 Å². The molecular formula is C10H20N2O2. The van der Waals surface area contributed by atoms with E-state index in [-0.39, 0.29) is 4.92 Å². The quantitative estimate of drug-likeness (QED) is 0.515. The van der Waals surface area contributed by atoms with Crippen LogP contribution in [0.25, 0.3) is 0 Å². The summed E-state index contributed by atoms with van der Waals surface area (Å²) in [4.78, 5) is 12.8. The first-order valence-electron chi connectivity index (χ1n) is 5.28. The van der Waals surface area contributed by atoms with Gasteiger partial charge in [0.2, 0.25) is 5.54 Å². The van der Waals surface area contributed by atoms with Gasteiger partial charge in [0.25, 0.3) is 0 Å². The van der Waals surface area contributed by atoms with E-state index >= 15 is 0 Å². The van der Waals surface area contributed by atoms with Crippen LogP contribution >= 0.6 is 0 Å². The summed E-state index contributed by atoms with van der Waals surface area (Å²) >= 11 is 0. The van der Waals surface area contributed by atoms with Crippen molar-refractivity contribution in [3.63, 3.8) is 0 Å². The van der Waals surface area contributed by atoms with Gasteiger partial charge in [0.15, 0.2) is 0 Å². The molecule has 0 aliphatic carbocycles. The number of nitrogens with zero attached hydrogens (tertiary/aromatic N) is 2. The van der Waals surface area contributed by atoms with E-state index in [2.05, 4.69) is 11.8 Å². The van der Waals surface area contributed by atoms with E-state index < -0.39 is 5.54 Å². The number of rotatable bonds is 3. The lowest BCUT2D eigenvalue weighted by atomic mass is 9.97. The van der Waals surface area contributed by atoms with Gasteiger partial charge >= 0.3 is 0 Å². The van der Waals surface area contributed by atoms with Crippen LogP contribution in [0.1, 0.15) is 33.6 Å². The van der Waals surface area contributed by atoms with Crippen molar-refractivity contribution in [3.8, 4) is 0 Å². The SMILES string of the molecule is CC1CCN(CC(C)(C)[N+](=O)[O-])CC1. The summed E-state index contributed by atoms with van der Waals surface area (Å²) < 4.78 is 0. The monoisotopic (exact) mass is 200 g/mol. The third-order valence-corrected chi connectivity index (χ3v) is 2.98. The van der Waals surface area contributed by atoms with Crippen LogP contribution in [0, 0.1) is 16.0 Å². The molecule has 14 heavy (non-hydrogen) atoms. The fourth-order valence-electron chi connectivity index (χ4n) is 1.83. The maximum absolute atomic E-state index is 10.7. The Morgan fingerprint density at radius 2 is 1.93 bits per heavy atom. The highest BCUT2D eigenvalue weighted by molar-refractivity contribution is 4.77. The summed E-state index contributed by atoms with van der Waals surface area (Å²) in [5, 5.41) is 10.7. The van der Waals surface area contributed by atoms with Crippen LogP contribution in [-0.4, -0.2) is 35.0 Å². The van der Waals surface area contributed by atoms with Crippen LogP contribution in [0.5, 0.6) is 0 Å². The number of nitro groups is 1. The standard InChI is InChI=1S/C10H20N2O2/c1-9-4-6-11(7-5-9)8-10(2,3)12(13)14/h9H,4-8H2,1-3H3. The van der Waals surface area contributed by atoms with Gasteiger partial charge in [0, 0.05) is 18.8 Å². The van der Waals surface area contributed by atoms with Crippen molar-refractivity contribution in [2.24, 2.45) is 5.92 Å². The van der Waals surface area contributed by atoms with Gasteiger partial charge in [0.1, 0.15) is 0 Å². The zero-order chi connectivity index (χ0) is 10.8. The number of likely N-dealkylation sites (tertiary alicyclic amines) is 1. The van der Waals surface area contributed by atoms with Gasteiger partial charge in [0.05, 0.1) is 6.54 Å². The lowest BCUT2D eigenvalue weighted by Gasteiger charge is -2.32. The average Bonchev–Trinajstić information content (AvgIpc) is 2.08. The molecule has 1 aliphatic heterocycles. The van der Waals surface area contributed by atoms with E-state index in [1.54, 1.807) is 13.8 Å². The zero-order valence-electron chi connectivity index (χ0n) is 9.32. The zero-order valence-corrected chi connectivity index (χ0v) is 9.32. The van der Waals surface area contributed by atoms with Crippen molar-refractivity contribution in [1.29, 1.82) is 0 Å². The first-order chi connectivity index (χ1) is 6.42. The second-order valence-corrected chi connectivity index (χ2v) is 5.03. The molecule has 0 unspecified atom stereocenters. The minimum atomic E-state index is -0.805. The molecule has 0 aromatic carbocycles. The Kier molecular flexibility index (Phi) is 3.48. The topological polar surface area (TPSA) is 46.4 Å². The lowest BCUT2D eigenvalue weighted by Crippen LogP contribution is -2.46. The number of hydrogen-bond donors (Lipinski definition) is 0. The number of piperidine rings is 1. The highest BCUT2D eigenvalue weighted by Gasteiger charge is 2.33. The third-order valence-electron chi connectivity index (χ3n) is 2.98. The maximum Gasteiger partial charge on any atom is 0.229 e. The van der Waals surface area contributed by atoms with Crippen LogP contribution in [-0.2, 0) is 0 Å². The molecule has 4 nitrogen and oxygen atoms in total. The molecule has 1 saturated heterocycles. The fourth-order valence-corrected chi connectivity index (χ4v) is 1.83. The van der Waals surface area contributed by atoms with Gasteiger partial charge in [-0.1, -0.05) is 6.92 Å². The first-order valence-corrected chi connectivity index (χ1v) is 5.28. The van der Waals surface area contributed by atoms with Crippen LogP contribution < -0.4 is 0 Å². The summed E-state index contributed by atoms with van der Waals surface area (Å²) in [6.07, 6.45) is 2.35.